The Morgan fingerprint density at radius 2 is 1.97 bits per heavy atom. The van der Waals surface area contributed by atoms with Crippen LogP contribution in [-0.2, 0) is 12.8 Å². The zero-order valence-electron chi connectivity index (χ0n) is 16.3. The van der Waals surface area contributed by atoms with Crippen LogP contribution >= 0.6 is 11.3 Å². The molecule has 1 aromatic carbocycles. The maximum atomic E-state index is 13.3. The Bertz CT molecular complexity index is 1040. The first-order valence-electron chi connectivity index (χ1n) is 9.50. The molecular formula is C22H22N2O4S. The lowest BCUT2D eigenvalue weighted by Crippen LogP contribution is -2.19. The van der Waals surface area contributed by atoms with Crippen LogP contribution in [0.5, 0.6) is 5.75 Å². The molecule has 2 amide bonds. The van der Waals surface area contributed by atoms with Gasteiger partial charge >= 0.3 is 0 Å². The van der Waals surface area contributed by atoms with Gasteiger partial charge < -0.3 is 19.8 Å². The van der Waals surface area contributed by atoms with E-state index in [0.29, 0.717) is 27.9 Å². The molecule has 0 saturated heterocycles. The standard InChI is InChI=1S/C22H22N2O4S/c1-13-9-10-14-18(12-13)29-22(24-20(25)17-8-5-11-28-17)19(14)21(26)23-15-6-3-4-7-16(15)27-2/h3-8,11,13H,9-10,12H2,1-2H3,(H,23,26)(H,24,25)/t13-/m0/s1. The number of ether oxygens (including phenoxy) is 1. The van der Waals surface area contributed by atoms with Crippen LogP contribution in [0.25, 0.3) is 0 Å². The van der Waals surface area contributed by atoms with Crippen molar-refractivity contribution < 1.29 is 18.7 Å². The van der Waals surface area contributed by atoms with Crippen molar-refractivity contribution in [3.63, 3.8) is 0 Å². The summed E-state index contributed by atoms with van der Waals surface area (Å²) < 4.78 is 10.5. The second kappa shape index (κ2) is 8.13. The van der Waals surface area contributed by atoms with Crippen LogP contribution in [0.4, 0.5) is 10.7 Å². The van der Waals surface area contributed by atoms with Crippen molar-refractivity contribution in [3.05, 3.63) is 64.4 Å². The average Bonchev–Trinajstić information content (AvgIpc) is 3.35. The second-order valence-electron chi connectivity index (χ2n) is 7.14. The number of fused-ring (bicyclic) bond motifs is 1. The molecule has 1 aliphatic carbocycles. The first-order valence-corrected chi connectivity index (χ1v) is 10.3. The van der Waals surface area contributed by atoms with Crippen molar-refractivity contribution in [3.8, 4) is 5.75 Å². The quantitative estimate of drug-likeness (QED) is 0.622. The molecule has 4 rings (SSSR count). The monoisotopic (exact) mass is 410 g/mol. The SMILES string of the molecule is COc1ccccc1NC(=O)c1c(NC(=O)c2ccco2)sc2c1CC[C@H](C)C2. The van der Waals surface area contributed by atoms with Crippen molar-refractivity contribution >= 4 is 33.8 Å². The molecule has 2 aromatic heterocycles. The van der Waals surface area contributed by atoms with E-state index < -0.39 is 0 Å². The van der Waals surface area contributed by atoms with Crippen LogP contribution in [0.3, 0.4) is 0 Å². The Balaban J connectivity index is 1.68. The Morgan fingerprint density at radius 1 is 1.14 bits per heavy atom. The van der Waals surface area contributed by atoms with Gasteiger partial charge in [0.25, 0.3) is 11.8 Å². The molecule has 7 heteroatoms. The van der Waals surface area contributed by atoms with Gasteiger partial charge in [-0.2, -0.15) is 0 Å². The average molecular weight is 410 g/mol. The number of carbonyl (C=O) groups excluding carboxylic acids is 2. The van der Waals surface area contributed by atoms with E-state index in [-0.39, 0.29) is 17.6 Å². The summed E-state index contributed by atoms with van der Waals surface area (Å²) in [4.78, 5) is 26.9. The highest BCUT2D eigenvalue weighted by Gasteiger charge is 2.29. The molecule has 0 spiro atoms. The number of methoxy groups -OCH3 is 1. The molecule has 0 fully saturated rings. The van der Waals surface area contributed by atoms with Crippen LogP contribution in [0.1, 0.15) is 44.7 Å². The molecule has 0 radical (unpaired) electrons. The summed E-state index contributed by atoms with van der Waals surface area (Å²) in [5.74, 6) is 0.727. The maximum absolute atomic E-state index is 13.3. The van der Waals surface area contributed by atoms with E-state index in [4.69, 9.17) is 9.15 Å². The zero-order valence-corrected chi connectivity index (χ0v) is 17.1. The number of furan rings is 1. The van der Waals surface area contributed by atoms with Gasteiger partial charge in [-0.15, -0.1) is 11.3 Å². The van der Waals surface area contributed by atoms with Crippen LogP contribution in [0.15, 0.2) is 47.1 Å². The summed E-state index contributed by atoms with van der Waals surface area (Å²) in [6.45, 7) is 2.21. The second-order valence-corrected chi connectivity index (χ2v) is 8.25. The van der Waals surface area contributed by atoms with Crippen molar-refractivity contribution in [1.82, 2.24) is 0 Å². The van der Waals surface area contributed by atoms with Crippen LogP contribution in [-0.4, -0.2) is 18.9 Å². The number of anilines is 2. The fourth-order valence-electron chi connectivity index (χ4n) is 3.58. The number of amides is 2. The van der Waals surface area contributed by atoms with Gasteiger partial charge in [-0.3, -0.25) is 9.59 Å². The summed E-state index contributed by atoms with van der Waals surface area (Å²) in [5, 5.41) is 6.37. The minimum absolute atomic E-state index is 0.209. The topological polar surface area (TPSA) is 80.6 Å². The number of nitrogens with one attached hydrogen (secondary N) is 2. The zero-order chi connectivity index (χ0) is 20.4. The van der Waals surface area contributed by atoms with Crippen molar-refractivity contribution in [2.45, 2.75) is 26.2 Å². The highest BCUT2D eigenvalue weighted by atomic mass is 32.1. The van der Waals surface area contributed by atoms with Gasteiger partial charge in [-0.1, -0.05) is 19.1 Å². The van der Waals surface area contributed by atoms with E-state index in [1.165, 1.54) is 17.6 Å². The molecule has 0 aliphatic heterocycles. The van der Waals surface area contributed by atoms with E-state index in [1.54, 1.807) is 31.4 Å². The van der Waals surface area contributed by atoms with Gasteiger partial charge in [0.05, 0.1) is 24.6 Å². The van der Waals surface area contributed by atoms with E-state index >= 15 is 0 Å². The Morgan fingerprint density at radius 3 is 2.72 bits per heavy atom. The summed E-state index contributed by atoms with van der Waals surface area (Å²) in [6, 6.07) is 10.5. The van der Waals surface area contributed by atoms with Gasteiger partial charge in [0, 0.05) is 4.88 Å². The predicted octanol–water partition coefficient (Wildman–Crippen LogP) is 4.98. The van der Waals surface area contributed by atoms with Crippen LogP contribution < -0.4 is 15.4 Å². The minimum Gasteiger partial charge on any atom is -0.495 e. The largest absolute Gasteiger partial charge is 0.495 e. The molecule has 29 heavy (non-hydrogen) atoms. The molecule has 2 heterocycles. The molecule has 2 N–H and O–H groups in total. The summed E-state index contributed by atoms with van der Waals surface area (Å²) >= 11 is 1.47. The van der Waals surface area contributed by atoms with Gasteiger partial charge in [-0.25, -0.2) is 0 Å². The molecular weight excluding hydrogens is 388 g/mol. The van der Waals surface area contributed by atoms with Gasteiger partial charge in [0.2, 0.25) is 0 Å². The number of para-hydroxylation sites is 2. The van der Waals surface area contributed by atoms with E-state index in [2.05, 4.69) is 17.6 Å². The maximum Gasteiger partial charge on any atom is 0.291 e. The third-order valence-corrected chi connectivity index (χ3v) is 6.24. The van der Waals surface area contributed by atoms with Gasteiger partial charge in [0.15, 0.2) is 5.76 Å². The number of hydrogen-bond donors (Lipinski definition) is 2. The number of thiophene rings is 1. The number of benzene rings is 1. The Hall–Kier alpha value is -3.06. The smallest absolute Gasteiger partial charge is 0.291 e. The highest BCUT2D eigenvalue weighted by molar-refractivity contribution is 7.17. The molecule has 1 atom stereocenters. The summed E-state index contributed by atoms with van der Waals surface area (Å²) in [5.41, 5.74) is 2.14. The fourth-order valence-corrected chi connectivity index (χ4v) is 4.99. The van der Waals surface area contributed by atoms with Crippen molar-refractivity contribution in [1.29, 1.82) is 0 Å². The van der Waals surface area contributed by atoms with E-state index in [1.807, 2.05) is 12.1 Å². The number of rotatable bonds is 5. The molecule has 150 valence electrons. The molecule has 0 bridgehead atoms. The molecule has 1 aliphatic rings. The van der Waals surface area contributed by atoms with Crippen LogP contribution in [0, 0.1) is 5.92 Å². The highest BCUT2D eigenvalue weighted by Crippen LogP contribution is 2.40. The lowest BCUT2D eigenvalue weighted by atomic mass is 9.88. The lowest BCUT2D eigenvalue weighted by Gasteiger charge is -2.19. The first-order chi connectivity index (χ1) is 14.1. The molecule has 3 aromatic rings. The van der Waals surface area contributed by atoms with Crippen LogP contribution in [0.2, 0.25) is 0 Å². The van der Waals surface area contributed by atoms with Gasteiger partial charge in [-0.05, 0) is 55.0 Å². The van der Waals surface area contributed by atoms with E-state index in [9.17, 15) is 9.59 Å². The molecule has 0 saturated carbocycles. The third-order valence-electron chi connectivity index (χ3n) is 5.07. The molecule has 0 unspecified atom stereocenters. The first kappa shape index (κ1) is 19.3. The molecule has 6 nitrogen and oxygen atoms in total. The van der Waals surface area contributed by atoms with Crippen molar-refractivity contribution in [2.75, 3.05) is 17.7 Å². The summed E-state index contributed by atoms with van der Waals surface area (Å²) in [6.07, 6.45) is 4.19. The normalized spacial score (nSPS) is 15.4. The Kier molecular flexibility index (Phi) is 5.40. The predicted molar refractivity (Wildman–Crippen MR) is 113 cm³/mol. The number of carbonyl (C=O) groups is 2. The fraction of sp³-hybridized carbons (Fsp3) is 0.273. The van der Waals surface area contributed by atoms with Crippen molar-refractivity contribution in [2.24, 2.45) is 5.92 Å². The Labute approximate surface area is 172 Å². The van der Waals surface area contributed by atoms with Gasteiger partial charge in [0.1, 0.15) is 10.8 Å². The third kappa shape index (κ3) is 3.91. The number of hydrogen-bond acceptors (Lipinski definition) is 5. The lowest BCUT2D eigenvalue weighted by molar-refractivity contribution is 0.0997. The minimum atomic E-state index is -0.368. The van der Waals surface area contributed by atoms with E-state index in [0.717, 1.165) is 29.7 Å². The summed E-state index contributed by atoms with van der Waals surface area (Å²) in [7, 11) is 1.56.